The first-order valence-corrected chi connectivity index (χ1v) is 7.58. The van der Waals surface area contributed by atoms with Gasteiger partial charge < -0.3 is 5.11 Å². The molecule has 1 aromatic rings. The molecule has 0 amide bonds. The lowest BCUT2D eigenvalue weighted by Gasteiger charge is -2.15. The maximum atomic E-state index is 9.60. The molecule has 1 aliphatic rings. The summed E-state index contributed by atoms with van der Waals surface area (Å²) in [5.74, 6) is 0. The van der Waals surface area contributed by atoms with Gasteiger partial charge in [0.2, 0.25) is 0 Å². The molecule has 0 fully saturated rings. The molecule has 104 valence electrons. The number of rotatable bonds is 6. The fraction of sp³-hybridized carbons (Fsp3) is 0.588. The molecule has 0 saturated heterocycles. The molecule has 1 N–H and O–H groups in total. The predicted molar refractivity (Wildman–Crippen MR) is 79.3 cm³/mol. The summed E-state index contributed by atoms with van der Waals surface area (Å²) < 4.78 is 0. The monoisotopic (exact) mass is 259 g/mol. The average Bonchev–Trinajstić information content (AvgIpc) is 2.44. The van der Waals surface area contributed by atoms with Gasteiger partial charge >= 0.3 is 0 Å². The van der Waals surface area contributed by atoms with E-state index in [1.165, 1.54) is 36.2 Å². The molecule has 1 aliphatic carbocycles. The molecule has 0 saturated carbocycles. The second-order valence-electron chi connectivity index (χ2n) is 5.45. The van der Waals surface area contributed by atoms with Crippen LogP contribution in [0, 0.1) is 0 Å². The summed E-state index contributed by atoms with van der Waals surface area (Å²) >= 11 is 0. The van der Waals surface area contributed by atoms with E-state index < -0.39 is 0 Å². The van der Waals surface area contributed by atoms with E-state index in [0.717, 1.165) is 32.1 Å². The third kappa shape index (κ3) is 4.46. The van der Waals surface area contributed by atoms with Crippen LogP contribution in [0.3, 0.4) is 0 Å². The maximum absolute atomic E-state index is 9.60. The fourth-order valence-corrected chi connectivity index (χ4v) is 2.74. The van der Waals surface area contributed by atoms with Crippen LogP contribution in [0.2, 0.25) is 0 Å². The summed E-state index contributed by atoms with van der Waals surface area (Å²) in [7, 11) is 0. The predicted octanol–water partition coefficient (Wildman–Crippen LogP) is 3.61. The van der Waals surface area contributed by atoms with Crippen molar-refractivity contribution in [1.29, 1.82) is 0 Å². The van der Waals surface area contributed by atoms with Gasteiger partial charge in [-0.1, -0.05) is 24.6 Å². The van der Waals surface area contributed by atoms with Crippen LogP contribution in [-0.4, -0.2) is 16.2 Å². The van der Waals surface area contributed by atoms with E-state index in [4.69, 9.17) is 4.98 Å². The first kappa shape index (κ1) is 14.3. The van der Waals surface area contributed by atoms with Crippen molar-refractivity contribution < 1.29 is 5.11 Å². The summed E-state index contributed by atoms with van der Waals surface area (Å²) in [6, 6.07) is 4.46. The SMILES string of the molecule is C/C=C/C(O)CCCCc1ccc2c(n1)CCCC2. The van der Waals surface area contributed by atoms with Crippen molar-refractivity contribution in [3.8, 4) is 0 Å². The number of hydrogen-bond acceptors (Lipinski definition) is 2. The zero-order valence-electron chi connectivity index (χ0n) is 11.9. The molecule has 1 atom stereocenters. The van der Waals surface area contributed by atoms with E-state index in [1.807, 2.05) is 19.1 Å². The highest BCUT2D eigenvalue weighted by molar-refractivity contribution is 5.25. The Bertz CT molecular complexity index is 425. The molecule has 2 nitrogen and oxygen atoms in total. The number of aromatic nitrogens is 1. The summed E-state index contributed by atoms with van der Waals surface area (Å²) in [5, 5.41) is 9.60. The molecule has 0 spiro atoms. The van der Waals surface area contributed by atoms with Gasteiger partial charge in [0.25, 0.3) is 0 Å². The Morgan fingerprint density at radius 1 is 1.26 bits per heavy atom. The Balaban J connectivity index is 1.77. The highest BCUT2D eigenvalue weighted by Gasteiger charge is 2.10. The van der Waals surface area contributed by atoms with E-state index in [2.05, 4.69) is 12.1 Å². The van der Waals surface area contributed by atoms with Crippen molar-refractivity contribution in [3.63, 3.8) is 0 Å². The van der Waals surface area contributed by atoms with Gasteiger partial charge in [-0.15, -0.1) is 0 Å². The number of aryl methyl sites for hydroxylation is 3. The Labute approximate surface area is 116 Å². The Morgan fingerprint density at radius 2 is 2.11 bits per heavy atom. The Morgan fingerprint density at radius 3 is 2.95 bits per heavy atom. The van der Waals surface area contributed by atoms with Crippen LogP contribution in [0.5, 0.6) is 0 Å². The van der Waals surface area contributed by atoms with Crippen LogP contribution in [0.15, 0.2) is 24.3 Å². The second-order valence-corrected chi connectivity index (χ2v) is 5.45. The number of hydrogen-bond donors (Lipinski definition) is 1. The van der Waals surface area contributed by atoms with Crippen LogP contribution in [0.25, 0.3) is 0 Å². The molecule has 2 heteroatoms. The first-order chi connectivity index (χ1) is 9.29. The average molecular weight is 259 g/mol. The lowest BCUT2D eigenvalue weighted by molar-refractivity contribution is 0.208. The standard InChI is InChI=1S/C17H25NO/c1-2-7-16(19)10-5-4-9-15-13-12-14-8-3-6-11-17(14)18-15/h2,7,12-13,16,19H,3-6,8-11H2,1H3/b7-2+. The van der Waals surface area contributed by atoms with Gasteiger partial charge in [-0.3, -0.25) is 4.98 Å². The van der Waals surface area contributed by atoms with Gasteiger partial charge in [-0.05, 0) is 63.5 Å². The third-order valence-electron chi connectivity index (χ3n) is 3.83. The maximum Gasteiger partial charge on any atom is 0.0720 e. The van der Waals surface area contributed by atoms with Crippen molar-refractivity contribution in [2.75, 3.05) is 0 Å². The number of aliphatic hydroxyl groups is 1. The van der Waals surface area contributed by atoms with Crippen LogP contribution < -0.4 is 0 Å². The van der Waals surface area contributed by atoms with Crippen molar-refractivity contribution in [2.45, 2.75) is 64.4 Å². The Kier molecular flexibility index (Phi) is 5.59. The van der Waals surface area contributed by atoms with E-state index in [-0.39, 0.29) is 6.10 Å². The van der Waals surface area contributed by atoms with Crippen LogP contribution >= 0.6 is 0 Å². The molecule has 1 heterocycles. The number of fused-ring (bicyclic) bond motifs is 1. The smallest absolute Gasteiger partial charge is 0.0720 e. The minimum Gasteiger partial charge on any atom is -0.389 e. The molecule has 2 rings (SSSR count). The van der Waals surface area contributed by atoms with Crippen molar-refractivity contribution >= 4 is 0 Å². The van der Waals surface area contributed by atoms with Crippen LogP contribution in [-0.2, 0) is 19.3 Å². The van der Waals surface area contributed by atoms with E-state index in [1.54, 1.807) is 0 Å². The molecule has 1 aromatic heterocycles. The number of pyridine rings is 1. The highest BCUT2D eigenvalue weighted by atomic mass is 16.3. The highest BCUT2D eigenvalue weighted by Crippen LogP contribution is 2.20. The van der Waals surface area contributed by atoms with Crippen LogP contribution in [0.1, 0.15) is 56.0 Å². The molecule has 1 unspecified atom stereocenters. The quantitative estimate of drug-likeness (QED) is 0.625. The van der Waals surface area contributed by atoms with E-state index in [9.17, 15) is 5.11 Å². The van der Waals surface area contributed by atoms with Crippen molar-refractivity contribution in [2.24, 2.45) is 0 Å². The molecule has 0 radical (unpaired) electrons. The summed E-state index contributed by atoms with van der Waals surface area (Å²) in [4.78, 5) is 4.79. The fourth-order valence-electron chi connectivity index (χ4n) is 2.74. The van der Waals surface area contributed by atoms with Gasteiger partial charge in [0, 0.05) is 11.4 Å². The zero-order chi connectivity index (χ0) is 13.5. The second kappa shape index (κ2) is 7.44. The third-order valence-corrected chi connectivity index (χ3v) is 3.83. The van der Waals surface area contributed by atoms with Gasteiger partial charge in [0.1, 0.15) is 0 Å². The topological polar surface area (TPSA) is 33.1 Å². The summed E-state index contributed by atoms with van der Waals surface area (Å²) in [6.45, 7) is 1.94. The van der Waals surface area contributed by atoms with Gasteiger partial charge in [0.15, 0.2) is 0 Å². The molecule has 19 heavy (non-hydrogen) atoms. The normalized spacial score (nSPS) is 16.5. The molecule has 0 aliphatic heterocycles. The minimum absolute atomic E-state index is 0.276. The van der Waals surface area contributed by atoms with Crippen molar-refractivity contribution in [1.82, 2.24) is 4.98 Å². The number of unbranched alkanes of at least 4 members (excludes halogenated alkanes) is 1. The van der Waals surface area contributed by atoms with Gasteiger partial charge in [0.05, 0.1) is 6.10 Å². The summed E-state index contributed by atoms with van der Waals surface area (Å²) in [6.07, 6.45) is 12.5. The van der Waals surface area contributed by atoms with Gasteiger partial charge in [-0.2, -0.15) is 0 Å². The first-order valence-electron chi connectivity index (χ1n) is 7.58. The van der Waals surface area contributed by atoms with Crippen LogP contribution in [0.4, 0.5) is 0 Å². The van der Waals surface area contributed by atoms with E-state index in [0.29, 0.717) is 0 Å². The van der Waals surface area contributed by atoms with E-state index >= 15 is 0 Å². The molecular weight excluding hydrogens is 234 g/mol. The number of nitrogens with zero attached hydrogens (tertiary/aromatic N) is 1. The Hall–Kier alpha value is -1.15. The minimum atomic E-state index is -0.276. The van der Waals surface area contributed by atoms with Gasteiger partial charge in [-0.25, -0.2) is 0 Å². The molecular formula is C17H25NO. The largest absolute Gasteiger partial charge is 0.389 e. The number of aliphatic hydroxyl groups excluding tert-OH is 1. The number of allylic oxidation sites excluding steroid dienone is 1. The summed E-state index contributed by atoms with van der Waals surface area (Å²) in [5.41, 5.74) is 4.01. The lowest BCUT2D eigenvalue weighted by Crippen LogP contribution is -2.07. The molecule has 0 bridgehead atoms. The molecule has 0 aromatic carbocycles. The lowest BCUT2D eigenvalue weighted by atomic mass is 9.95. The zero-order valence-corrected chi connectivity index (χ0v) is 11.9. The van der Waals surface area contributed by atoms with Crippen molar-refractivity contribution in [3.05, 3.63) is 41.2 Å².